The van der Waals surface area contributed by atoms with E-state index in [0.717, 1.165) is 25.8 Å². The highest BCUT2D eigenvalue weighted by atomic mass is 16.3. The summed E-state index contributed by atoms with van der Waals surface area (Å²) in [5.41, 5.74) is 0. The maximum Gasteiger partial charge on any atom is 0.0897 e. The number of rotatable bonds is 11. The van der Waals surface area contributed by atoms with E-state index >= 15 is 0 Å². The van der Waals surface area contributed by atoms with Crippen LogP contribution in [0.4, 0.5) is 0 Å². The summed E-state index contributed by atoms with van der Waals surface area (Å²) in [5, 5.41) is 36.4. The standard InChI is InChI=1S/C13H27NO4/c1-2-3-4-5-6-7-14(8-12(17)10-15)9-13(18)11-16/h3-4,12-13,15-18H,2,5-11H2,1H3/b4-3+. The Labute approximate surface area is 109 Å². The number of aliphatic hydroxyl groups excluding tert-OH is 4. The van der Waals surface area contributed by atoms with Gasteiger partial charge < -0.3 is 20.4 Å². The molecular weight excluding hydrogens is 234 g/mol. The Hall–Kier alpha value is -0.460. The minimum Gasteiger partial charge on any atom is -0.394 e. The van der Waals surface area contributed by atoms with E-state index < -0.39 is 12.2 Å². The van der Waals surface area contributed by atoms with Crippen molar-refractivity contribution >= 4 is 0 Å². The van der Waals surface area contributed by atoms with Crippen LogP contribution in [0.2, 0.25) is 0 Å². The van der Waals surface area contributed by atoms with E-state index in [1.165, 1.54) is 0 Å². The first-order valence-electron chi connectivity index (χ1n) is 6.59. The molecule has 0 aromatic carbocycles. The molecule has 5 heteroatoms. The summed E-state index contributed by atoms with van der Waals surface area (Å²) in [6, 6.07) is 0. The predicted octanol–water partition coefficient (Wildman–Crippen LogP) is -0.259. The Balaban J connectivity index is 3.99. The van der Waals surface area contributed by atoms with Gasteiger partial charge in [-0.25, -0.2) is 0 Å². The lowest BCUT2D eigenvalue weighted by atomic mass is 10.2. The summed E-state index contributed by atoms with van der Waals surface area (Å²) in [5.74, 6) is 0. The highest BCUT2D eigenvalue weighted by Crippen LogP contribution is 2.01. The second-order valence-electron chi connectivity index (χ2n) is 4.45. The molecule has 0 fully saturated rings. The normalized spacial score (nSPS) is 15.4. The van der Waals surface area contributed by atoms with Crippen molar-refractivity contribution in [3.05, 3.63) is 12.2 Å². The van der Waals surface area contributed by atoms with Crippen molar-refractivity contribution < 1.29 is 20.4 Å². The average Bonchev–Trinajstić information content (AvgIpc) is 2.37. The van der Waals surface area contributed by atoms with Crippen LogP contribution in [-0.4, -0.2) is 70.4 Å². The minimum atomic E-state index is -0.804. The van der Waals surface area contributed by atoms with Crippen LogP contribution < -0.4 is 0 Å². The Morgan fingerprint density at radius 2 is 1.56 bits per heavy atom. The topological polar surface area (TPSA) is 84.2 Å². The third-order valence-corrected chi connectivity index (χ3v) is 2.61. The van der Waals surface area contributed by atoms with Gasteiger partial charge in [0.2, 0.25) is 0 Å². The van der Waals surface area contributed by atoms with E-state index in [9.17, 15) is 10.2 Å². The van der Waals surface area contributed by atoms with Gasteiger partial charge in [0.1, 0.15) is 0 Å². The number of hydrogen-bond acceptors (Lipinski definition) is 5. The first-order chi connectivity index (χ1) is 8.63. The lowest BCUT2D eigenvalue weighted by Crippen LogP contribution is -2.40. The van der Waals surface area contributed by atoms with E-state index in [2.05, 4.69) is 19.1 Å². The zero-order valence-electron chi connectivity index (χ0n) is 11.2. The second kappa shape index (κ2) is 11.6. The van der Waals surface area contributed by atoms with Gasteiger partial charge in [0.05, 0.1) is 25.4 Å². The molecule has 0 saturated heterocycles. The van der Waals surface area contributed by atoms with E-state index in [1.807, 2.05) is 4.90 Å². The summed E-state index contributed by atoms with van der Waals surface area (Å²) in [4.78, 5) is 1.86. The summed E-state index contributed by atoms with van der Waals surface area (Å²) < 4.78 is 0. The van der Waals surface area contributed by atoms with Gasteiger partial charge in [-0.3, -0.25) is 4.90 Å². The minimum absolute atomic E-state index is 0.290. The van der Waals surface area contributed by atoms with Crippen LogP contribution in [0.5, 0.6) is 0 Å². The van der Waals surface area contributed by atoms with Crippen LogP contribution >= 0.6 is 0 Å². The molecule has 0 rings (SSSR count). The number of allylic oxidation sites excluding steroid dienone is 2. The third-order valence-electron chi connectivity index (χ3n) is 2.61. The predicted molar refractivity (Wildman–Crippen MR) is 71.3 cm³/mol. The van der Waals surface area contributed by atoms with E-state index in [0.29, 0.717) is 13.1 Å². The SMILES string of the molecule is CC/C=C/CCCN(CC(O)CO)CC(O)CO. The quantitative estimate of drug-likeness (QED) is 0.304. The molecule has 0 amide bonds. The molecule has 0 aliphatic heterocycles. The van der Waals surface area contributed by atoms with E-state index in [-0.39, 0.29) is 13.2 Å². The van der Waals surface area contributed by atoms with Gasteiger partial charge in [0.25, 0.3) is 0 Å². The molecule has 2 unspecified atom stereocenters. The highest BCUT2D eigenvalue weighted by molar-refractivity contribution is 4.80. The molecule has 18 heavy (non-hydrogen) atoms. The van der Waals surface area contributed by atoms with Gasteiger partial charge in [0.15, 0.2) is 0 Å². The Bertz CT molecular complexity index is 199. The smallest absolute Gasteiger partial charge is 0.0897 e. The van der Waals surface area contributed by atoms with Crippen molar-refractivity contribution in [2.75, 3.05) is 32.8 Å². The molecule has 2 atom stereocenters. The molecule has 0 aliphatic carbocycles. The van der Waals surface area contributed by atoms with Crippen molar-refractivity contribution in [1.82, 2.24) is 4.90 Å². The number of aliphatic hydroxyl groups is 4. The number of nitrogens with zero attached hydrogens (tertiary/aromatic N) is 1. The molecule has 0 bridgehead atoms. The zero-order chi connectivity index (χ0) is 13.8. The van der Waals surface area contributed by atoms with Gasteiger partial charge >= 0.3 is 0 Å². The summed E-state index contributed by atoms with van der Waals surface area (Å²) in [6.45, 7) is 2.85. The highest BCUT2D eigenvalue weighted by Gasteiger charge is 2.14. The van der Waals surface area contributed by atoms with Crippen molar-refractivity contribution in [2.45, 2.75) is 38.4 Å². The van der Waals surface area contributed by atoms with Crippen LogP contribution in [0.25, 0.3) is 0 Å². The Morgan fingerprint density at radius 1 is 1.00 bits per heavy atom. The lowest BCUT2D eigenvalue weighted by Gasteiger charge is -2.25. The number of hydrogen-bond donors (Lipinski definition) is 4. The molecule has 108 valence electrons. The maximum absolute atomic E-state index is 9.40. The largest absolute Gasteiger partial charge is 0.394 e. The third kappa shape index (κ3) is 9.56. The molecule has 0 heterocycles. The first-order valence-corrected chi connectivity index (χ1v) is 6.59. The number of unbranched alkanes of at least 4 members (excludes halogenated alkanes) is 1. The molecule has 0 aliphatic rings. The van der Waals surface area contributed by atoms with Crippen LogP contribution in [0, 0.1) is 0 Å². The van der Waals surface area contributed by atoms with Crippen LogP contribution in [0.3, 0.4) is 0 Å². The molecule has 5 nitrogen and oxygen atoms in total. The molecule has 0 saturated carbocycles. The van der Waals surface area contributed by atoms with Crippen LogP contribution in [0.15, 0.2) is 12.2 Å². The van der Waals surface area contributed by atoms with E-state index in [1.54, 1.807) is 0 Å². The van der Waals surface area contributed by atoms with Crippen LogP contribution in [0.1, 0.15) is 26.2 Å². The summed E-state index contributed by atoms with van der Waals surface area (Å²) in [6.07, 6.45) is 5.51. The van der Waals surface area contributed by atoms with Crippen LogP contribution in [-0.2, 0) is 0 Å². The van der Waals surface area contributed by atoms with E-state index in [4.69, 9.17) is 10.2 Å². The molecule has 0 spiro atoms. The molecule has 0 aromatic heterocycles. The van der Waals surface area contributed by atoms with Gasteiger partial charge in [-0.15, -0.1) is 0 Å². The van der Waals surface area contributed by atoms with Gasteiger partial charge in [0, 0.05) is 13.1 Å². The second-order valence-corrected chi connectivity index (χ2v) is 4.45. The molecular formula is C13H27NO4. The van der Waals surface area contributed by atoms with Crippen molar-refractivity contribution in [1.29, 1.82) is 0 Å². The molecule has 0 radical (unpaired) electrons. The zero-order valence-corrected chi connectivity index (χ0v) is 11.2. The molecule has 0 aromatic rings. The summed E-state index contributed by atoms with van der Waals surface area (Å²) in [7, 11) is 0. The fourth-order valence-electron chi connectivity index (χ4n) is 1.69. The lowest BCUT2D eigenvalue weighted by molar-refractivity contribution is 0.0231. The summed E-state index contributed by atoms with van der Waals surface area (Å²) >= 11 is 0. The fraction of sp³-hybridized carbons (Fsp3) is 0.846. The first kappa shape index (κ1) is 17.5. The van der Waals surface area contributed by atoms with Crippen molar-refractivity contribution in [3.63, 3.8) is 0 Å². The van der Waals surface area contributed by atoms with Crippen molar-refractivity contribution in [3.8, 4) is 0 Å². The molecule has 4 N–H and O–H groups in total. The maximum atomic E-state index is 9.40. The Kier molecular flexibility index (Phi) is 11.3. The average molecular weight is 261 g/mol. The van der Waals surface area contributed by atoms with Gasteiger partial charge in [-0.1, -0.05) is 19.1 Å². The fourth-order valence-corrected chi connectivity index (χ4v) is 1.69. The van der Waals surface area contributed by atoms with Gasteiger partial charge in [-0.2, -0.15) is 0 Å². The monoisotopic (exact) mass is 261 g/mol. The van der Waals surface area contributed by atoms with Crippen molar-refractivity contribution in [2.24, 2.45) is 0 Å². The Morgan fingerprint density at radius 3 is 2.00 bits per heavy atom. The van der Waals surface area contributed by atoms with Gasteiger partial charge in [-0.05, 0) is 25.8 Å².